The number of pyridine rings is 1. The van der Waals surface area contributed by atoms with E-state index in [-0.39, 0.29) is 11.1 Å². The summed E-state index contributed by atoms with van der Waals surface area (Å²) in [6.45, 7) is 4.06. The Morgan fingerprint density at radius 1 is 1.39 bits per heavy atom. The van der Waals surface area contributed by atoms with E-state index in [4.69, 9.17) is 17.3 Å². The van der Waals surface area contributed by atoms with Gasteiger partial charge in [-0.05, 0) is 18.4 Å². The van der Waals surface area contributed by atoms with Gasteiger partial charge >= 0.3 is 6.18 Å². The van der Waals surface area contributed by atoms with E-state index < -0.39 is 11.7 Å². The van der Waals surface area contributed by atoms with Gasteiger partial charge in [-0.25, -0.2) is 0 Å². The lowest BCUT2D eigenvalue weighted by Gasteiger charge is -2.15. The fourth-order valence-corrected chi connectivity index (χ4v) is 1.95. The number of halogens is 4. The Morgan fingerprint density at radius 3 is 2.44 bits per heavy atom. The molecule has 2 N–H and O–H groups in total. The molecule has 0 amide bonds. The highest BCUT2D eigenvalue weighted by Gasteiger charge is 2.31. The van der Waals surface area contributed by atoms with Crippen LogP contribution in [0, 0.1) is 5.92 Å². The van der Waals surface area contributed by atoms with E-state index in [1.807, 2.05) is 13.8 Å². The molecule has 6 heteroatoms. The number of nitrogens with zero attached hydrogens (tertiary/aromatic N) is 1. The van der Waals surface area contributed by atoms with Crippen molar-refractivity contribution < 1.29 is 13.2 Å². The normalized spacial score (nSPS) is 14.0. The summed E-state index contributed by atoms with van der Waals surface area (Å²) in [6.07, 6.45) is -2.47. The van der Waals surface area contributed by atoms with Crippen molar-refractivity contribution in [3.05, 3.63) is 28.5 Å². The molecule has 1 aromatic rings. The molecule has 1 heterocycles. The number of rotatable bonds is 4. The first kappa shape index (κ1) is 15.2. The summed E-state index contributed by atoms with van der Waals surface area (Å²) in [5.74, 6) is 0.424. The van der Waals surface area contributed by atoms with Crippen molar-refractivity contribution >= 4 is 11.6 Å². The lowest BCUT2D eigenvalue weighted by atomic mass is 10.0. The molecule has 0 fully saturated rings. The third-order valence-electron chi connectivity index (χ3n) is 2.47. The summed E-state index contributed by atoms with van der Waals surface area (Å²) >= 11 is 5.80. The molecule has 1 unspecified atom stereocenters. The van der Waals surface area contributed by atoms with Gasteiger partial charge in [0.2, 0.25) is 0 Å². The molecule has 0 bridgehead atoms. The van der Waals surface area contributed by atoms with Crippen molar-refractivity contribution in [3.63, 3.8) is 0 Å². The number of alkyl halides is 3. The van der Waals surface area contributed by atoms with Gasteiger partial charge in [0, 0.05) is 18.7 Å². The first-order chi connectivity index (χ1) is 8.20. The molecule has 18 heavy (non-hydrogen) atoms. The van der Waals surface area contributed by atoms with Crippen molar-refractivity contribution in [1.82, 2.24) is 4.98 Å². The van der Waals surface area contributed by atoms with Gasteiger partial charge < -0.3 is 5.73 Å². The summed E-state index contributed by atoms with van der Waals surface area (Å²) in [4.78, 5) is 3.76. The molecule has 0 aliphatic carbocycles. The lowest BCUT2D eigenvalue weighted by Crippen LogP contribution is -2.25. The van der Waals surface area contributed by atoms with Crippen molar-refractivity contribution in [2.24, 2.45) is 11.7 Å². The van der Waals surface area contributed by atoms with Crippen LogP contribution in [0.3, 0.4) is 0 Å². The highest BCUT2D eigenvalue weighted by molar-refractivity contribution is 6.31. The standard InChI is InChI=1S/C12H16ClF3N2/c1-7(2)3-9(17)5-11-10(13)4-8(6-18-11)12(14,15)16/h4,6-7,9H,3,5,17H2,1-2H3. The predicted octanol–water partition coefficient (Wildman–Crippen LogP) is 3.67. The maximum absolute atomic E-state index is 12.4. The fraction of sp³-hybridized carbons (Fsp3) is 0.583. The van der Waals surface area contributed by atoms with Gasteiger partial charge in [-0.15, -0.1) is 0 Å². The number of hydrogen-bond donors (Lipinski definition) is 1. The number of nitrogens with two attached hydrogens (primary N) is 1. The van der Waals surface area contributed by atoms with Crippen LogP contribution in [0.5, 0.6) is 0 Å². The topological polar surface area (TPSA) is 38.9 Å². The highest BCUT2D eigenvalue weighted by atomic mass is 35.5. The van der Waals surface area contributed by atoms with Crippen LogP contribution in [0.15, 0.2) is 12.3 Å². The fourth-order valence-electron chi connectivity index (χ4n) is 1.71. The van der Waals surface area contributed by atoms with Gasteiger partial charge in [-0.1, -0.05) is 25.4 Å². The third kappa shape index (κ3) is 4.46. The quantitative estimate of drug-likeness (QED) is 0.914. The lowest BCUT2D eigenvalue weighted by molar-refractivity contribution is -0.137. The summed E-state index contributed by atoms with van der Waals surface area (Å²) in [6, 6.07) is 0.748. The van der Waals surface area contributed by atoms with E-state index in [1.165, 1.54) is 0 Å². The molecule has 0 spiro atoms. The van der Waals surface area contributed by atoms with E-state index in [0.717, 1.165) is 18.7 Å². The van der Waals surface area contributed by atoms with Gasteiger partial charge in [-0.2, -0.15) is 13.2 Å². The molecule has 102 valence electrons. The molecule has 0 aromatic carbocycles. The van der Waals surface area contributed by atoms with E-state index in [1.54, 1.807) is 0 Å². The van der Waals surface area contributed by atoms with E-state index in [9.17, 15) is 13.2 Å². The second kappa shape index (κ2) is 5.89. The van der Waals surface area contributed by atoms with Gasteiger partial charge in [0.25, 0.3) is 0 Å². The Hall–Kier alpha value is -0.810. The van der Waals surface area contributed by atoms with Gasteiger partial charge in [0.15, 0.2) is 0 Å². The van der Waals surface area contributed by atoms with Crippen LogP contribution < -0.4 is 5.73 Å². The molecule has 0 saturated heterocycles. The van der Waals surface area contributed by atoms with Crippen LogP contribution in [0.4, 0.5) is 13.2 Å². The van der Waals surface area contributed by atoms with Crippen molar-refractivity contribution in [2.45, 2.75) is 38.9 Å². The summed E-state index contributed by atoms with van der Waals surface area (Å²) in [7, 11) is 0. The average Bonchev–Trinajstić information content (AvgIpc) is 2.18. The van der Waals surface area contributed by atoms with E-state index >= 15 is 0 Å². The van der Waals surface area contributed by atoms with Crippen LogP contribution in [-0.2, 0) is 12.6 Å². The number of hydrogen-bond acceptors (Lipinski definition) is 2. The first-order valence-electron chi connectivity index (χ1n) is 5.67. The SMILES string of the molecule is CC(C)CC(N)Cc1ncc(C(F)(F)F)cc1Cl. The zero-order chi connectivity index (χ0) is 13.9. The molecule has 1 atom stereocenters. The first-order valence-corrected chi connectivity index (χ1v) is 6.05. The smallest absolute Gasteiger partial charge is 0.327 e. The van der Waals surface area contributed by atoms with Gasteiger partial charge in [0.05, 0.1) is 16.3 Å². The van der Waals surface area contributed by atoms with Crippen LogP contribution in [0.1, 0.15) is 31.5 Å². The molecule has 1 rings (SSSR count). The van der Waals surface area contributed by atoms with Crippen LogP contribution in [-0.4, -0.2) is 11.0 Å². The maximum Gasteiger partial charge on any atom is 0.417 e. The average molecular weight is 281 g/mol. The minimum absolute atomic E-state index is 0.0176. The summed E-state index contributed by atoms with van der Waals surface area (Å²) < 4.78 is 37.2. The van der Waals surface area contributed by atoms with Crippen molar-refractivity contribution in [1.29, 1.82) is 0 Å². The molecule has 1 aromatic heterocycles. The number of aromatic nitrogens is 1. The summed E-state index contributed by atoms with van der Waals surface area (Å²) in [5.41, 5.74) is 5.45. The molecule has 0 aliphatic rings. The van der Waals surface area contributed by atoms with Crippen molar-refractivity contribution in [3.8, 4) is 0 Å². The van der Waals surface area contributed by atoms with Crippen LogP contribution in [0.25, 0.3) is 0 Å². The minimum Gasteiger partial charge on any atom is -0.327 e. The zero-order valence-corrected chi connectivity index (χ0v) is 11.0. The Kier molecular flexibility index (Phi) is 4.99. The van der Waals surface area contributed by atoms with Crippen LogP contribution >= 0.6 is 11.6 Å². The summed E-state index contributed by atoms with van der Waals surface area (Å²) in [5, 5.41) is 0.0176. The Morgan fingerprint density at radius 2 is 2.00 bits per heavy atom. The highest BCUT2D eigenvalue weighted by Crippen LogP contribution is 2.31. The molecular formula is C12H16ClF3N2. The van der Waals surface area contributed by atoms with E-state index in [0.29, 0.717) is 18.0 Å². The molecule has 2 nitrogen and oxygen atoms in total. The second-order valence-corrected chi connectivity index (χ2v) is 5.15. The molecular weight excluding hydrogens is 265 g/mol. The van der Waals surface area contributed by atoms with Crippen LogP contribution in [0.2, 0.25) is 5.02 Å². The maximum atomic E-state index is 12.4. The predicted molar refractivity (Wildman–Crippen MR) is 65.4 cm³/mol. The van der Waals surface area contributed by atoms with Gasteiger partial charge in [-0.3, -0.25) is 4.98 Å². The van der Waals surface area contributed by atoms with Crippen molar-refractivity contribution in [2.75, 3.05) is 0 Å². The molecule has 0 aliphatic heterocycles. The minimum atomic E-state index is -4.42. The largest absolute Gasteiger partial charge is 0.417 e. The zero-order valence-electron chi connectivity index (χ0n) is 10.3. The Labute approximate surface area is 109 Å². The van der Waals surface area contributed by atoms with E-state index in [2.05, 4.69) is 4.98 Å². The second-order valence-electron chi connectivity index (χ2n) is 4.74. The Balaban J connectivity index is 2.80. The third-order valence-corrected chi connectivity index (χ3v) is 2.80. The monoisotopic (exact) mass is 280 g/mol. The van der Waals surface area contributed by atoms with Gasteiger partial charge in [0.1, 0.15) is 0 Å². The molecule has 0 radical (unpaired) electrons. The Bertz CT molecular complexity index is 405. The molecule has 0 saturated carbocycles.